The molecule has 88 valence electrons. The Morgan fingerprint density at radius 1 is 1.38 bits per heavy atom. The van der Waals surface area contributed by atoms with Gasteiger partial charge in [-0.3, -0.25) is 4.79 Å². The van der Waals surface area contributed by atoms with Crippen molar-refractivity contribution in [3.05, 3.63) is 35.4 Å². The van der Waals surface area contributed by atoms with Crippen LogP contribution in [0.3, 0.4) is 0 Å². The summed E-state index contributed by atoms with van der Waals surface area (Å²) in [7, 11) is 0. The quantitative estimate of drug-likeness (QED) is 0.776. The number of hydrogen-bond acceptors (Lipinski definition) is 3. The summed E-state index contributed by atoms with van der Waals surface area (Å²) in [6.45, 7) is 0.297. The summed E-state index contributed by atoms with van der Waals surface area (Å²) in [6, 6.07) is 3.30. The van der Waals surface area contributed by atoms with Crippen LogP contribution in [-0.4, -0.2) is 19.1 Å². The number of ether oxygens (including phenoxy) is 1. The fourth-order valence-corrected chi connectivity index (χ4v) is 1.19. The second kappa shape index (κ2) is 6.17. The lowest BCUT2D eigenvalue weighted by Crippen LogP contribution is -2.13. The predicted octanol–water partition coefficient (Wildman–Crippen LogP) is 1.40. The first-order valence-corrected chi connectivity index (χ1v) is 4.93. The van der Waals surface area contributed by atoms with Crippen LogP contribution < -0.4 is 5.73 Å². The molecule has 0 fully saturated rings. The van der Waals surface area contributed by atoms with Gasteiger partial charge in [-0.15, -0.1) is 0 Å². The van der Waals surface area contributed by atoms with E-state index >= 15 is 0 Å². The topological polar surface area (TPSA) is 52.3 Å². The molecule has 0 spiro atoms. The second-order valence-electron chi connectivity index (χ2n) is 3.24. The molecular weight excluding hydrogens is 216 g/mol. The number of benzene rings is 1. The highest BCUT2D eigenvalue weighted by Crippen LogP contribution is 2.10. The maximum Gasteiger partial charge on any atom is 0.307 e. The van der Waals surface area contributed by atoms with Gasteiger partial charge in [0.1, 0.15) is 11.6 Å². The lowest BCUT2D eigenvalue weighted by Gasteiger charge is -2.05. The van der Waals surface area contributed by atoms with Crippen LogP contribution in [0.2, 0.25) is 0 Å². The molecule has 0 aliphatic carbocycles. The van der Waals surface area contributed by atoms with E-state index in [4.69, 9.17) is 10.5 Å². The summed E-state index contributed by atoms with van der Waals surface area (Å²) in [5.41, 5.74) is 5.47. The van der Waals surface area contributed by atoms with Crippen molar-refractivity contribution in [2.75, 3.05) is 13.2 Å². The van der Waals surface area contributed by atoms with Gasteiger partial charge in [0.05, 0.1) is 13.0 Å². The molecular formula is C11H13F2NO2. The van der Waals surface area contributed by atoms with E-state index in [1.807, 2.05) is 0 Å². The largest absolute Gasteiger partial charge is 0.465 e. The molecule has 0 aliphatic rings. The highest BCUT2D eigenvalue weighted by atomic mass is 19.1. The van der Waals surface area contributed by atoms with Crippen LogP contribution in [-0.2, 0) is 16.0 Å². The molecule has 0 aliphatic heterocycles. The van der Waals surface area contributed by atoms with E-state index in [2.05, 4.69) is 0 Å². The Morgan fingerprint density at radius 3 is 2.75 bits per heavy atom. The van der Waals surface area contributed by atoms with E-state index in [1.54, 1.807) is 0 Å². The number of esters is 1. The lowest BCUT2D eigenvalue weighted by atomic mass is 10.1. The van der Waals surface area contributed by atoms with Gasteiger partial charge in [0.2, 0.25) is 0 Å². The zero-order chi connectivity index (χ0) is 12.0. The lowest BCUT2D eigenvalue weighted by molar-refractivity contribution is -0.143. The summed E-state index contributed by atoms with van der Waals surface area (Å²) in [4.78, 5) is 10.9. The Kier molecular flexibility index (Phi) is 4.85. The van der Waals surface area contributed by atoms with Crippen LogP contribution >= 0.6 is 0 Å². The molecule has 0 bridgehead atoms. The van der Waals surface area contributed by atoms with Crippen LogP contribution in [0.15, 0.2) is 18.2 Å². The summed E-state index contributed by atoms with van der Waals surface area (Å²) in [6.07, 6.45) is 0.369. The summed E-state index contributed by atoms with van der Waals surface area (Å²) >= 11 is 0. The minimum atomic E-state index is -0.630. The number of carbonyl (C=O) groups is 1. The summed E-state index contributed by atoms with van der Waals surface area (Å²) in [5.74, 6) is -1.67. The van der Waals surface area contributed by atoms with Crippen molar-refractivity contribution < 1.29 is 18.3 Å². The van der Waals surface area contributed by atoms with Crippen molar-refractivity contribution in [1.29, 1.82) is 0 Å². The van der Waals surface area contributed by atoms with E-state index in [1.165, 1.54) is 12.1 Å². The van der Waals surface area contributed by atoms with Crippen molar-refractivity contribution >= 4 is 5.97 Å². The molecule has 0 aromatic heterocycles. The Morgan fingerprint density at radius 2 is 2.12 bits per heavy atom. The average Bonchev–Trinajstić information content (AvgIpc) is 2.22. The van der Waals surface area contributed by atoms with Crippen molar-refractivity contribution in [2.24, 2.45) is 5.73 Å². The van der Waals surface area contributed by atoms with Crippen molar-refractivity contribution in [3.8, 4) is 0 Å². The maximum absolute atomic E-state index is 13.1. The van der Waals surface area contributed by atoms with Crippen molar-refractivity contribution in [3.63, 3.8) is 0 Å². The molecule has 0 saturated heterocycles. The van der Waals surface area contributed by atoms with Gasteiger partial charge < -0.3 is 10.5 Å². The average molecular weight is 229 g/mol. The van der Waals surface area contributed by atoms with Gasteiger partial charge in [-0.05, 0) is 11.6 Å². The molecule has 0 unspecified atom stereocenters. The molecule has 0 atom stereocenters. The van der Waals surface area contributed by atoms with Gasteiger partial charge in [0, 0.05) is 19.0 Å². The highest BCUT2D eigenvalue weighted by molar-refractivity contribution is 5.69. The first kappa shape index (κ1) is 12.6. The Balaban J connectivity index is 2.40. The molecule has 5 heteroatoms. The van der Waals surface area contributed by atoms with Crippen LogP contribution in [0.1, 0.15) is 12.0 Å². The summed E-state index contributed by atoms with van der Waals surface area (Å²) in [5, 5.41) is 0. The summed E-state index contributed by atoms with van der Waals surface area (Å²) < 4.78 is 30.5. The minimum absolute atomic E-state index is 0.0708. The van der Waals surface area contributed by atoms with E-state index in [9.17, 15) is 13.6 Å². The number of rotatable bonds is 5. The second-order valence-corrected chi connectivity index (χ2v) is 3.24. The number of hydrogen-bond donors (Lipinski definition) is 1. The van der Waals surface area contributed by atoms with Crippen LogP contribution in [0.4, 0.5) is 8.78 Å². The zero-order valence-electron chi connectivity index (χ0n) is 8.71. The van der Waals surface area contributed by atoms with Gasteiger partial charge in [-0.1, -0.05) is 6.07 Å². The molecule has 0 saturated carbocycles. The van der Waals surface area contributed by atoms with E-state index in [-0.39, 0.29) is 26.0 Å². The van der Waals surface area contributed by atoms with E-state index < -0.39 is 17.6 Å². The fourth-order valence-electron chi connectivity index (χ4n) is 1.19. The van der Waals surface area contributed by atoms with Gasteiger partial charge in [0.25, 0.3) is 0 Å². The minimum Gasteiger partial charge on any atom is -0.465 e. The molecule has 0 amide bonds. The number of halogens is 2. The van der Waals surface area contributed by atoms with Crippen LogP contribution in [0, 0.1) is 11.6 Å². The van der Waals surface area contributed by atoms with Gasteiger partial charge >= 0.3 is 5.97 Å². The third kappa shape index (κ3) is 3.94. The Hall–Kier alpha value is -1.49. The number of carbonyl (C=O) groups excluding carboxylic acids is 1. The van der Waals surface area contributed by atoms with Crippen molar-refractivity contribution in [1.82, 2.24) is 0 Å². The van der Waals surface area contributed by atoms with Gasteiger partial charge in [-0.25, -0.2) is 8.78 Å². The van der Waals surface area contributed by atoms with Crippen LogP contribution in [0.25, 0.3) is 0 Å². The predicted molar refractivity (Wildman–Crippen MR) is 54.7 cm³/mol. The molecule has 1 aromatic carbocycles. The monoisotopic (exact) mass is 229 g/mol. The Labute approximate surface area is 92.2 Å². The first-order valence-electron chi connectivity index (χ1n) is 4.93. The third-order valence-electron chi connectivity index (χ3n) is 2.00. The van der Waals surface area contributed by atoms with Gasteiger partial charge in [0.15, 0.2) is 0 Å². The van der Waals surface area contributed by atoms with E-state index in [0.717, 1.165) is 6.07 Å². The fraction of sp³-hybridized carbons (Fsp3) is 0.364. The normalized spacial score (nSPS) is 10.2. The smallest absolute Gasteiger partial charge is 0.307 e. The van der Waals surface area contributed by atoms with E-state index in [0.29, 0.717) is 5.56 Å². The molecule has 1 rings (SSSR count). The van der Waals surface area contributed by atoms with Crippen LogP contribution in [0.5, 0.6) is 0 Å². The number of nitrogens with two attached hydrogens (primary N) is 1. The Bertz CT molecular complexity index is 369. The maximum atomic E-state index is 13.1. The molecule has 16 heavy (non-hydrogen) atoms. The molecule has 3 nitrogen and oxygen atoms in total. The van der Waals surface area contributed by atoms with Crippen molar-refractivity contribution in [2.45, 2.75) is 12.8 Å². The molecule has 0 radical (unpaired) electrons. The first-order chi connectivity index (χ1) is 7.63. The molecule has 1 aromatic rings. The zero-order valence-corrected chi connectivity index (χ0v) is 8.71. The third-order valence-corrected chi connectivity index (χ3v) is 2.00. The molecule has 2 N–H and O–H groups in total. The highest BCUT2D eigenvalue weighted by Gasteiger charge is 2.05. The standard InChI is InChI=1S/C11H13F2NO2/c12-9-2-1-8(10(13)7-9)4-6-16-11(15)3-5-14/h1-2,7H,3-6,14H2. The van der Waals surface area contributed by atoms with Gasteiger partial charge in [-0.2, -0.15) is 0 Å². The molecule has 0 heterocycles. The SMILES string of the molecule is NCCC(=O)OCCc1ccc(F)cc1F.